The van der Waals surface area contributed by atoms with E-state index in [4.69, 9.17) is 14.2 Å². The average molecular weight is 863 g/mol. The van der Waals surface area contributed by atoms with E-state index in [1.54, 1.807) is 0 Å². The Kier molecular flexibility index (Phi) is 52.3. The highest BCUT2D eigenvalue weighted by Gasteiger charge is 2.17. The first kappa shape index (κ1) is 59.9. The molecule has 0 aromatic rings. The molecule has 0 heterocycles. The van der Waals surface area contributed by atoms with E-state index < -0.39 is 6.10 Å². The van der Waals surface area contributed by atoms with Crippen LogP contribution in [0.3, 0.4) is 0 Å². The summed E-state index contributed by atoms with van der Waals surface area (Å²) in [5, 5.41) is 0. The van der Waals surface area contributed by atoms with E-state index in [-0.39, 0.29) is 18.5 Å². The molecule has 5 nitrogen and oxygen atoms in total. The molecule has 0 saturated heterocycles. The lowest BCUT2D eigenvalue weighted by molar-refractivity contribution is -0.163. The smallest absolute Gasteiger partial charge is 0.306 e. The summed E-state index contributed by atoms with van der Waals surface area (Å²) in [7, 11) is 0. The van der Waals surface area contributed by atoms with Gasteiger partial charge in [-0.2, -0.15) is 0 Å². The molecule has 0 N–H and O–H groups in total. The maximum absolute atomic E-state index is 12.8. The molecule has 0 radical (unpaired) electrons. The minimum Gasteiger partial charge on any atom is -0.462 e. The van der Waals surface area contributed by atoms with E-state index in [0.29, 0.717) is 26.1 Å². The number of rotatable bonds is 53. The zero-order valence-corrected chi connectivity index (χ0v) is 42.0. The first-order valence-corrected chi connectivity index (χ1v) is 28.1. The molecule has 0 aliphatic heterocycles. The third kappa shape index (κ3) is 51.4. The van der Waals surface area contributed by atoms with Crippen molar-refractivity contribution in [2.45, 2.75) is 329 Å². The van der Waals surface area contributed by atoms with Gasteiger partial charge in [0.2, 0.25) is 0 Å². The Morgan fingerprint density at radius 2 is 0.541 bits per heavy atom. The highest BCUT2D eigenvalue weighted by molar-refractivity contribution is 5.70. The van der Waals surface area contributed by atoms with Gasteiger partial charge >= 0.3 is 11.9 Å². The van der Waals surface area contributed by atoms with Gasteiger partial charge < -0.3 is 14.2 Å². The molecule has 0 bridgehead atoms. The summed E-state index contributed by atoms with van der Waals surface area (Å²) in [5.74, 6) is -0.368. The van der Waals surface area contributed by atoms with Crippen LogP contribution >= 0.6 is 0 Å². The average Bonchev–Trinajstić information content (AvgIpc) is 3.26. The normalized spacial score (nSPS) is 12.0. The van der Waals surface area contributed by atoms with Crippen molar-refractivity contribution in [1.82, 2.24) is 0 Å². The quantitative estimate of drug-likeness (QED) is 0.0450. The van der Waals surface area contributed by atoms with Crippen molar-refractivity contribution in [1.29, 1.82) is 0 Å². The number of hydrogen-bond acceptors (Lipinski definition) is 5. The molecule has 0 aromatic heterocycles. The summed E-state index contributed by atoms with van der Waals surface area (Å²) in [6.45, 7) is 7.92. The Morgan fingerprint density at radius 3 is 0.836 bits per heavy atom. The molecule has 0 saturated carbocycles. The van der Waals surface area contributed by atoms with Crippen molar-refractivity contribution in [3.63, 3.8) is 0 Å². The Labute approximate surface area is 382 Å². The monoisotopic (exact) mass is 863 g/mol. The number of carbonyl (C=O) groups excluding carboxylic acids is 2. The van der Waals surface area contributed by atoms with Crippen molar-refractivity contribution >= 4 is 11.9 Å². The van der Waals surface area contributed by atoms with E-state index in [2.05, 4.69) is 20.8 Å². The standard InChI is InChI=1S/C56H110O5/c1-4-7-10-13-16-19-22-25-27-29-30-32-35-38-41-44-47-50-56(58)61-54(53-60-55(57)49-46-43-40-37-34-24-21-18-15-12-9-6-3)52-59-51-48-45-42-39-36-33-31-28-26-23-20-17-14-11-8-5-2/h54H,4-53H2,1-3H3/t54-/m1/s1. The van der Waals surface area contributed by atoms with Gasteiger partial charge in [0.1, 0.15) is 6.61 Å². The van der Waals surface area contributed by atoms with Crippen LogP contribution in [0.1, 0.15) is 323 Å². The Bertz CT molecular complexity index is 845. The maximum Gasteiger partial charge on any atom is 0.306 e. The molecule has 0 unspecified atom stereocenters. The highest BCUT2D eigenvalue weighted by atomic mass is 16.6. The molecule has 5 heteroatoms. The number of esters is 2. The Morgan fingerprint density at radius 1 is 0.295 bits per heavy atom. The molecule has 0 spiro atoms. The largest absolute Gasteiger partial charge is 0.462 e. The topological polar surface area (TPSA) is 61.8 Å². The molecular formula is C56H110O5. The minimum atomic E-state index is -0.523. The molecule has 0 rings (SSSR count). The van der Waals surface area contributed by atoms with E-state index in [1.807, 2.05) is 0 Å². The summed E-state index contributed by atoms with van der Waals surface area (Å²) in [6.07, 6.45) is 59.7. The first-order chi connectivity index (χ1) is 30.1. The van der Waals surface area contributed by atoms with Crippen molar-refractivity contribution in [2.75, 3.05) is 19.8 Å². The van der Waals surface area contributed by atoms with Gasteiger partial charge in [-0.15, -0.1) is 0 Å². The van der Waals surface area contributed by atoms with E-state index in [0.717, 1.165) is 32.1 Å². The summed E-state index contributed by atoms with van der Waals surface area (Å²) < 4.78 is 17.5. The fraction of sp³-hybridized carbons (Fsp3) is 0.964. The molecule has 61 heavy (non-hydrogen) atoms. The van der Waals surface area contributed by atoms with Gasteiger partial charge in [0.15, 0.2) is 6.10 Å². The van der Waals surface area contributed by atoms with Crippen LogP contribution in [-0.4, -0.2) is 37.9 Å². The van der Waals surface area contributed by atoms with Gasteiger partial charge in [0.05, 0.1) is 6.61 Å². The fourth-order valence-corrected chi connectivity index (χ4v) is 8.69. The van der Waals surface area contributed by atoms with Crippen molar-refractivity contribution < 1.29 is 23.8 Å². The molecular weight excluding hydrogens is 753 g/mol. The van der Waals surface area contributed by atoms with Crippen LogP contribution in [0, 0.1) is 0 Å². The van der Waals surface area contributed by atoms with Crippen LogP contribution in [0.4, 0.5) is 0 Å². The molecule has 0 aromatic carbocycles. The second kappa shape index (κ2) is 53.2. The van der Waals surface area contributed by atoms with Crippen LogP contribution in [0.5, 0.6) is 0 Å². The molecule has 0 fully saturated rings. The number of hydrogen-bond donors (Lipinski definition) is 0. The maximum atomic E-state index is 12.8. The van der Waals surface area contributed by atoms with Gasteiger partial charge in [0.25, 0.3) is 0 Å². The second-order valence-electron chi connectivity index (χ2n) is 19.2. The van der Waals surface area contributed by atoms with Gasteiger partial charge in [0, 0.05) is 19.4 Å². The van der Waals surface area contributed by atoms with Crippen molar-refractivity contribution in [3.05, 3.63) is 0 Å². The summed E-state index contributed by atoms with van der Waals surface area (Å²) in [6, 6.07) is 0. The summed E-state index contributed by atoms with van der Waals surface area (Å²) in [5.41, 5.74) is 0. The van der Waals surface area contributed by atoms with Crippen molar-refractivity contribution in [2.24, 2.45) is 0 Å². The molecule has 0 aliphatic rings. The minimum absolute atomic E-state index is 0.0981. The predicted molar refractivity (Wildman–Crippen MR) is 266 cm³/mol. The van der Waals surface area contributed by atoms with Gasteiger partial charge in [-0.25, -0.2) is 0 Å². The van der Waals surface area contributed by atoms with E-state index >= 15 is 0 Å². The molecule has 1 atom stereocenters. The number of carbonyl (C=O) groups is 2. The van der Waals surface area contributed by atoms with Gasteiger partial charge in [-0.1, -0.05) is 290 Å². The lowest BCUT2D eigenvalue weighted by atomic mass is 10.0. The SMILES string of the molecule is CCCCCCCCCCCCCCCCCCCC(=O)O[C@H](COCCCCCCCCCCCCCCCCCC)COC(=O)CCCCCCCCCCCCCC. The van der Waals surface area contributed by atoms with Crippen molar-refractivity contribution in [3.8, 4) is 0 Å². The predicted octanol–water partition coefficient (Wildman–Crippen LogP) is 18.9. The zero-order chi connectivity index (χ0) is 44.2. The summed E-state index contributed by atoms with van der Waals surface area (Å²) >= 11 is 0. The number of unbranched alkanes of at least 4 members (excludes halogenated alkanes) is 42. The molecule has 364 valence electrons. The highest BCUT2D eigenvalue weighted by Crippen LogP contribution is 2.17. The second-order valence-corrected chi connectivity index (χ2v) is 19.2. The lowest BCUT2D eigenvalue weighted by Gasteiger charge is -2.18. The van der Waals surface area contributed by atoms with E-state index in [1.165, 1.54) is 257 Å². The summed E-state index contributed by atoms with van der Waals surface area (Å²) in [4.78, 5) is 25.4. The van der Waals surface area contributed by atoms with Crippen LogP contribution in [-0.2, 0) is 23.8 Å². The Balaban J connectivity index is 4.17. The fourth-order valence-electron chi connectivity index (χ4n) is 8.69. The van der Waals surface area contributed by atoms with Crippen LogP contribution in [0.15, 0.2) is 0 Å². The lowest BCUT2D eigenvalue weighted by Crippen LogP contribution is -2.30. The Hall–Kier alpha value is -1.10. The molecule has 0 aliphatic carbocycles. The first-order valence-electron chi connectivity index (χ1n) is 28.1. The number of ether oxygens (including phenoxy) is 3. The van der Waals surface area contributed by atoms with Gasteiger partial charge in [-0.05, 0) is 19.3 Å². The van der Waals surface area contributed by atoms with Crippen LogP contribution in [0.25, 0.3) is 0 Å². The van der Waals surface area contributed by atoms with Crippen LogP contribution < -0.4 is 0 Å². The van der Waals surface area contributed by atoms with Crippen LogP contribution in [0.2, 0.25) is 0 Å². The third-order valence-corrected chi connectivity index (χ3v) is 12.9. The zero-order valence-electron chi connectivity index (χ0n) is 42.0. The third-order valence-electron chi connectivity index (χ3n) is 12.9. The van der Waals surface area contributed by atoms with Gasteiger partial charge in [-0.3, -0.25) is 9.59 Å². The molecule has 0 amide bonds. The van der Waals surface area contributed by atoms with E-state index in [9.17, 15) is 9.59 Å².